The summed E-state index contributed by atoms with van der Waals surface area (Å²) in [6, 6.07) is 0. The highest BCUT2D eigenvalue weighted by Gasteiger charge is 2.49. The van der Waals surface area contributed by atoms with Crippen molar-refractivity contribution in [1.82, 2.24) is 4.90 Å². The molecule has 2 fully saturated rings. The Labute approximate surface area is 154 Å². The van der Waals surface area contributed by atoms with E-state index in [-0.39, 0.29) is 17.6 Å². The Kier molecular flexibility index (Phi) is 5.81. The van der Waals surface area contributed by atoms with Gasteiger partial charge in [0, 0.05) is 18.5 Å². The van der Waals surface area contributed by atoms with Gasteiger partial charge in [-0.3, -0.25) is 0 Å². The molecule has 1 unspecified atom stereocenters. The first-order valence-electron chi connectivity index (χ1n) is 8.95. The molecular formula is C18H32N2O4S. The van der Waals surface area contributed by atoms with Gasteiger partial charge >= 0.3 is 6.09 Å². The Balaban J connectivity index is 2.10. The first kappa shape index (κ1) is 20.5. The SMILES string of the molecule is C[C@@H]1OCC2(CCN(C(=O)OC(C)(C)C)CC2)C1=N[S+]([O-])C(C)(C)C. The van der Waals surface area contributed by atoms with Crippen molar-refractivity contribution in [2.75, 3.05) is 19.7 Å². The lowest BCUT2D eigenvalue weighted by Crippen LogP contribution is -2.48. The van der Waals surface area contributed by atoms with Gasteiger partial charge in [-0.15, -0.1) is 0 Å². The Morgan fingerprint density at radius 1 is 1.28 bits per heavy atom. The topological polar surface area (TPSA) is 74.2 Å². The van der Waals surface area contributed by atoms with E-state index in [9.17, 15) is 9.35 Å². The van der Waals surface area contributed by atoms with Gasteiger partial charge in [0.1, 0.15) is 27.4 Å². The number of carbonyl (C=O) groups is 1. The minimum absolute atomic E-state index is 0.126. The molecule has 2 saturated heterocycles. The van der Waals surface area contributed by atoms with Gasteiger partial charge in [-0.25, -0.2) is 4.79 Å². The highest BCUT2D eigenvalue weighted by molar-refractivity contribution is 7.91. The number of piperidine rings is 1. The number of carbonyl (C=O) groups excluding carboxylic acids is 1. The maximum atomic E-state index is 12.5. The van der Waals surface area contributed by atoms with Gasteiger partial charge in [0.15, 0.2) is 0 Å². The van der Waals surface area contributed by atoms with Crippen LogP contribution in [0.5, 0.6) is 0 Å². The second-order valence-corrected chi connectivity index (χ2v) is 10.9. The van der Waals surface area contributed by atoms with Crippen LogP contribution in [0.4, 0.5) is 4.79 Å². The summed E-state index contributed by atoms with van der Waals surface area (Å²) in [7, 11) is 0. The van der Waals surface area contributed by atoms with Crippen LogP contribution in [0.3, 0.4) is 0 Å². The van der Waals surface area contributed by atoms with Gasteiger partial charge in [0.2, 0.25) is 0 Å². The van der Waals surface area contributed by atoms with Gasteiger partial charge in [0.25, 0.3) is 0 Å². The highest BCUT2D eigenvalue weighted by Crippen LogP contribution is 2.41. The fraction of sp³-hybridized carbons (Fsp3) is 0.889. The lowest BCUT2D eigenvalue weighted by molar-refractivity contribution is 0.0109. The van der Waals surface area contributed by atoms with Crippen molar-refractivity contribution >= 4 is 23.2 Å². The first-order chi connectivity index (χ1) is 11.3. The van der Waals surface area contributed by atoms with Crippen LogP contribution in [-0.2, 0) is 20.8 Å². The monoisotopic (exact) mass is 372 g/mol. The molecule has 0 N–H and O–H groups in total. The van der Waals surface area contributed by atoms with E-state index >= 15 is 0 Å². The van der Waals surface area contributed by atoms with E-state index in [2.05, 4.69) is 4.40 Å². The second-order valence-electron chi connectivity index (χ2n) is 9.04. The minimum Gasteiger partial charge on any atom is -0.591 e. The molecule has 0 radical (unpaired) electrons. The fourth-order valence-electron chi connectivity index (χ4n) is 3.11. The van der Waals surface area contributed by atoms with Crippen molar-refractivity contribution in [2.24, 2.45) is 9.81 Å². The average Bonchev–Trinajstić information content (AvgIpc) is 2.75. The largest absolute Gasteiger partial charge is 0.591 e. The van der Waals surface area contributed by atoms with E-state index in [0.29, 0.717) is 19.7 Å². The molecule has 0 aromatic heterocycles. The summed E-state index contributed by atoms with van der Waals surface area (Å²) in [6.07, 6.45) is 1.12. The molecule has 2 aliphatic rings. The number of hydrogen-bond acceptors (Lipinski definition) is 5. The van der Waals surface area contributed by atoms with E-state index in [1.807, 2.05) is 48.5 Å². The molecular weight excluding hydrogens is 340 g/mol. The smallest absolute Gasteiger partial charge is 0.410 e. The van der Waals surface area contributed by atoms with Crippen LogP contribution >= 0.6 is 0 Å². The highest BCUT2D eigenvalue weighted by atomic mass is 32.2. The molecule has 2 heterocycles. The van der Waals surface area contributed by atoms with Crippen molar-refractivity contribution < 1.29 is 18.8 Å². The lowest BCUT2D eigenvalue weighted by atomic mass is 9.75. The summed E-state index contributed by atoms with van der Waals surface area (Å²) in [5.74, 6) is 0. The summed E-state index contributed by atoms with van der Waals surface area (Å²) in [4.78, 5) is 14.0. The summed E-state index contributed by atoms with van der Waals surface area (Å²) < 4.78 is 28.0. The lowest BCUT2D eigenvalue weighted by Gasteiger charge is -2.39. The number of hydrogen-bond donors (Lipinski definition) is 0. The third-order valence-electron chi connectivity index (χ3n) is 4.62. The summed E-state index contributed by atoms with van der Waals surface area (Å²) in [5, 5.41) is 0. The standard InChI is InChI=1S/C18H32N2O4S/c1-13-14(19-25(22)17(5,6)7)18(12-23-13)8-10-20(11-9-18)15(21)24-16(2,3)4/h13H,8-12H2,1-7H3/t13-,25?/m0/s1. The van der Waals surface area contributed by atoms with Crippen LogP contribution in [0.1, 0.15) is 61.3 Å². The van der Waals surface area contributed by atoms with Gasteiger partial charge < -0.3 is 18.9 Å². The van der Waals surface area contributed by atoms with Gasteiger partial charge in [-0.05, 0) is 61.3 Å². The molecule has 1 amide bonds. The third-order valence-corrected chi connectivity index (χ3v) is 6.03. The van der Waals surface area contributed by atoms with Gasteiger partial charge in [-0.1, -0.05) is 4.40 Å². The van der Waals surface area contributed by atoms with E-state index in [1.54, 1.807) is 4.90 Å². The van der Waals surface area contributed by atoms with Crippen LogP contribution in [0.15, 0.2) is 4.40 Å². The molecule has 144 valence electrons. The van der Waals surface area contributed by atoms with E-state index in [1.165, 1.54) is 0 Å². The number of rotatable bonds is 1. The molecule has 7 heteroatoms. The van der Waals surface area contributed by atoms with E-state index in [0.717, 1.165) is 18.6 Å². The number of ether oxygens (including phenoxy) is 2. The fourth-order valence-corrected chi connectivity index (χ4v) is 3.90. The second kappa shape index (κ2) is 7.08. The number of nitrogens with zero attached hydrogens (tertiary/aromatic N) is 2. The predicted molar refractivity (Wildman–Crippen MR) is 100 cm³/mol. The van der Waals surface area contributed by atoms with Gasteiger partial charge in [0.05, 0.1) is 12.7 Å². The zero-order chi connectivity index (χ0) is 19.0. The van der Waals surface area contributed by atoms with Crippen LogP contribution < -0.4 is 0 Å². The molecule has 6 nitrogen and oxygen atoms in total. The van der Waals surface area contributed by atoms with Crippen LogP contribution in [-0.4, -0.2) is 57.4 Å². The zero-order valence-electron chi connectivity index (χ0n) is 16.5. The van der Waals surface area contributed by atoms with Crippen molar-refractivity contribution in [3.8, 4) is 0 Å². The molecule has 2 atom stereocenters. The van der Waals surface area contributed by atoms with Gasteiger partial charge in [-0.2, -0.15) is 0 Å². The molecule has 0 aliphatic carbocycles. The molecule has 0 saturated carbocycles. The van der Waals surface area contributed by atoms with Crippen molar-refractivity contribution in [3.05, 3.63) is 0 Å². The summed E-state index contributed by atoms with van der Waals surface area (Å²) >= 11 is -1.30. The average molecular weight is 373 g/mol. The van der Waals surface area contributed by atoms with Crippen LogP contribution in [0, 0.1) is 5.41 Å². The quantitative estimate of drug-likeness (QED) is 0.662. The minimum atomic E-state index is -1.30. The predicted octanol–water partition coefficient (Wildman–Crippen LogP) is 3.33. The number of likely N-dealkylation sites (tertiary alicyclic amines) is 1. The third kappa shape index (κ3) is 4.89. The molecule has 1 spiro atoms. The van der Waals surface area contributed by atoms with Crippen molar-refractivity contribution in [2.45, 2.75) is 77.8 Å². The zero-order valence-corrected chi connectivity index (χ0v) is 17.4. The van der Waals surface area contributed by atoms with E-state index < -0.39 is 21.7 Å². The maximum absolute atomic E-state index is 12.5. The molecule has 2 aliphatic heterocycles. The van der Waals surface area contributed by atoms with Crippen molar-refractivity contribution in [1.29, 1.82) is 0 Å². The first-order valence-corrected chi connectivity index (χ1v) is 10.1. The summed E-state index contributed by atoms with van der Waals surface area (Å²) in [5.41, 5.74) is 0.191. The normalized spacial score (nSPS) is 27.0. The maximum Gasteiger partial charge on any atom is 0.410 e. The number of amides is 1. The molecule has 0 bridgehead atoms. The Bertz CT molecular complexity index is 528. The van der Waals surface area contributed by atoms with Crippen molar-refractivity contribution in [3.63, 3.8) is 0 Å². The van der Waals surface area contributed by atoms with Crippen LogP contribution in [0.2, 0.25) is 0 Å². The Morgan fingerprint density at radius 2 is 1.84 bits per heavy atom. The summed E-state index contributed by atoms with van der Waals surface area (Å²) in [6.45, 7) is 15.1. The van der Waals surface area contributed by atoms with E-state index in [4.69, 9.17) is 9.47 Å². The molecule has 25 heavy (non-hydrogen) atoms. The van der Waals surface area contributed by atoms with Crippen LogP contribution in [0.25, 0.3) is 0 Å². The molecule has 0 aromatic carbocycles. The molecule has 2 rings (SSSR count). The Hall–Kier alpha value is -0.790. The molecule has 0 aromatic rings. The Morgan fingerprint density at radius 3 is 2.32 bits per heavy atom.